The van der Waals surface area contributed by atoms with Crippen molar-refractivity contribution in [1.82, 2.24) is 25.0 Å². The van der Waals surface area contributed by atoms with Crippen molar-refractivity contribution in [3.05, 3.63) is 52.1 Å². The molecule has 1 aliphatic rings. The first-order valence-corrected chi connectivity index (χ1v) is 6.30. The zero-order valence-corrected chi connectivity index (χ0v) is 10.4. The number of nitrogens with zero attached hydrogens (tertiary/aromatic N) is 4. The Balaban J connectivity index is 1.96. The molecule has 0 saturated carbocycles. The summed E-state index contributed by atoms with van der Waals surface area (Å²) < 4.78 is 1.53. The number of fused-ring (bicyclic) bond motifs is 2. The SMILES string of the molecule is O=c1[nH]cnc2c1nnn2[C@@H]1c2ccccc2C[C@@H]1O. The van der Waals surface area contributed by atoms with E-state index in [1.807, 2.05) is 24.3 Å². The fourth-order valence-corrected chi connectivity index (χ4v) is 2.81. The van der Waals surface area contributed by atoms with E-state index >= 15 is 0 Å². The predicted octanol–water partition coefficient (Wildman–Crippen LogP) is 0.0210. The van der Waals surface area contributed by atoms with Crippen LogP contribution in [-0.4, -0.2) is 36.2 Å². The second kappa shape index (κ2) is 3.97. The lowest BCUT2D eigenvalue weighted by atomic mass is 10.1. The largest absolute Gasteiger partial charge is 0.390 e. The number of aromatic amines is 1. The first-order valence-electron chi connectivity index (χ1n) is 6.30. The summed E-state index contributed by atoms with van der Waals surface area (Å²) in [6, 6.07) is 7.44. The Bertz CT molecular complexity index is 853. The van der Waals surface area contributed by atoms with Crippen LogP contribution in [0.4, 0.5) is 0 Å². The molecule has 4 rings (SSSR count). The van der Waals surface area contributed by atoms with Crippen LogP contribution < -0.4 is 5.56 Å². The summed E-state index contributed by atoms with van der Waals surface area (Å²) in [5.41, 5.74) is 2.31. The lowest BCUT2D eigenvalue weighted by Gasteiger charge is -2.15. The molecule has 20 heavy (non-hydrogen) atoms. The minimum atomic E-state index is -0.599. The Hall–Kier alpha value is -2.54. The van der Waals surface area contributed by atoms with Crippen LogP contribution in [0.1, 0.15) is 17.2 Å². The van der Waals surface area contributed by atoms with Gasteiger partial charge < -0.3 is 10.1 Å². The third-order valence-corrected chi connectivity index (χ3v) is 3.70. The fraction of sp³-hybridized carbons (Fsp3) is 0.231. The van der Waals surface area contributed by atoms with Crippen LogP contribution in [0.3, 0.4) is 0 Å². The maximum atomic E-state index is 11.7. The zero-order chi connectivity index (χ0) is 13.7. The van der Waals surface area contributed by atoms with Gasteiger partial charge in [0.2, 0.25) is 0 Å². The van der Waals surface area contributed by atoms with Crippen molar-refractivity contribution in [2.75, 3.05) is 0 Å². The third-order valence-electron chi connectivity index (χ3n) is 3.70. The van der Waals surface area contributed by atoms with Crippen molar-refractivity contribution >= 4 is 11.2 Å². The first-order chi connectivity index (χ1) is 9.75. The van der Waals surface area contributed by atoms with E-state index in [-0.39, 0.29) is 17.1 Å². The van der Waals surface area contributed by atoms with E-state index in [1.165, 1.54) is 11.0 Å². The molecule has 100 valence electrons. The maximum absolute atomic E-state index is 11.7. The topological polar surface area (TPSA) is 96.7 Å². The van der Waals surface area contributed by atoms with Gasteiger partial charge in [0.05, 0.1) is 12.4 Å². The Labute approximate surface area is 112 Å². The standard InChI is InChI=1S/C13H11N5O2/c19-9-5-7-3-1-2-4-8(7)11(9)18-12-10(16-17-18)13(20)15-6-14-12/h1-4,6,9,11,19H,5H2,(H,14,15,20)/t9-,11+/m0/s1. The van der Waals surface area contributed by atoms with Gasteiger partial charge in [0, 0.05) is 6.42 Å². The highest BCUT2D eigenvalue weighted by molar-refractivity contribution is 5.68. The van der Waals surface area contributed by atoms with Crippen LogP contribution >= 0.6 is 0 Å². The van der Waals surface area contributed by atoms with E-state index in [9.17, 15) is 9.90 Å². The number of H-pyrrole nitrogens is 1. The molecule has 3 aromatic rings. The summed E-state index contributed by atoms with van der Waals surface area (Å²) in [4.78, 5) is 18.2. The van der Waals surface area contributed by atoms with Gasteiger partial charge in [-0.05, 0) is 11.1 Å². The van der Waals surface area contributed by atoms with Gasteiger partial charge in [0.25, 0.3) is 5.56 Å². The van der Waals surface area contributed by atoms with Crippen LogP contribution in [-0.2, 0) is 6.42 Å². The van der Waals surface area contributed by atoms with Crippen LogP contribution in [0.15, 0.2) is 35.4 Å². The molecule has 0 aliphatic heterocycles. The van der Waals surface area contributed by atoms with Crippen LogP contribution in [0.5, 0.6) is 0 Å². The van der Waals surface area contributed by atoms with E-state index in [1.54, 1.807) is 0 Å². The van der Waals surface area contributed by atoms with Gasteiger partial charge in [-0.25, -0.2) is 9.67 Å². The molecular weight excluding hydrogens is 258 g/mol. The van der Waals surface area contributed by atoms with E-state index in [0.29, 0.717) is 12.1 Å². The molecule has 7 heteroatoms. The van der Waals surface area contributed by atoms with E-state index in [0.717, 1.165) is 11.1 Å². The number of aromatic nitrogens is 5. The Morgan fingerprint density at radius 2 is 2.20 bits per heavy atom. The normalized spacial score (nSPS) is 21.2. The highest BCUT2D eigenvalue weighted by atomic mass is 16.3. The van der Waals surface area contributed by atoms with Gasteiger partial charge in [-0.15, -0.1) is 5.10 Å². The first kappa shape index (κ1) is 11.3. The van der Waals surface area contributed by atoms with Crippen molar-refractivity contribution in [2.24, 2.45) is 0 Å². The van der Waals surface area contributed by atoms with Crippen molar-refractivity contribution in [2.45, 2.75) is 18.6 Å². The monoisotopic (exact) mass is 269 g/mol. The van der Waals surface area contributed by atoms with E-state index in [2.05, 4.69) is 20.3 Å². The minimum absolute atomic E-state index is 0.184. The van der Waals surface area contributed by atoms with Gasteiger partial charge in [-0.1, -0.05) is 29.5 Å². The van der Waals surface area contributed by atoms with Gasteiger partial charge in [0.1, 0.15) is 6.04 Å². The lowest BCUT2D eigenvalue weighted by Crippen LogP contribution is -2.22. The second-order valence-electron chi connectivity index (χ2n) is 4.85. The summed E-state index contributed by atoms with van der Waals surface area (Å²) in [5.74, 6) is 0. The quantitative estimate of drug-likeness (QED) is 0.649. The number of nitrogens with one attached hydrogen (secondary N) is 1. The fourth-order valence-electron chi connectivity index (χ4n) is 2.81. The zero-order valence-electron chi connectivity index (χ0n) is 10.4. The molecule has 0 spiro atoms. The van der Waals surface area contributed by atoms with Gasteiger partial charge in [0.15, 0.2) is 11.2 Å². The molecule has 7 nitrogen and oxygen atoms in total. The van der Waals surface area contributed by atoms with Crippen LogP contribution in [0.2, 0.25) is 0 Å². The average Bonchev–Trinajstić information content (AvgIpc) is 2.99. The summed E-state index contributed by atoms with van der Waals surface area (Å²) >= 11 is 0. The maximum Gasteiger partial charge on any atom is 0.280 e. The van der Waals surface area contributed by atoms with E-state index < -0.39 is 6.10 Å². The molecule has 2 aromatic heterocycles. The molecular formula is C13H11N5O2. The Kier molecular flexibility index (Phi) is 2.25. The van der Waals surface area contributed by atoms with E-state index in [4.69, 9.17) is 0 Å². The number of rotatable bonds is 1. The Morgan fingerprint density at radius 1 is 1.35 bits per heavy atom. The van der Waals surface area contributed by atoms with Gasteiger partial charge in [-0.2, -0.15) is 0 Å². The number of benzene rings is 1. The summed E-state index contributed by atoms with van der Waals surface area (Å²) in [5, 5.41) is 18.2. The highest BCUT2D eigenvalue weighted by Crippen LogP contribution is 2.34. The van der Waals surface area contributed by atoms with Crippen molar-refractivity contribution < 1.29 is 5.11 Å². The van der Waals surface area contributed by atoms with Crippen molar-refractivity contribution in [3.63, 3.8) is 0 Å². The molecule has 2 heterocycles. The lowest BCUT2D eigenvalue weighted by molar-refractivity contribution is 0.139. The average molecular weight is 269 g/mol. The summed E-state index contributed by atoms with van der Waals surface area (Å²) in [7, 11) is 0. The molecule has 1 aliphatic carbocycles. The van der Waals surface area contributed by atoms with Crippen LogP contribution in [0.25, 0.3) is 11.2 Å². The minimum Gasteiger partial charge on any atom is -0.390 e. The Morgan fingerprint density at radius 3 is 3.10 bits per heavy atom. The number of aliphatic hydroxyl groups is 1. The number of aliphatic hydroxyl groups excluding tert-OH is 1. The molecule has 0 unspecified atom stereocenters. The molecule has 0 radical (unpaired) electrons. The predicted molar refractivity (Wildman–Crippen MR) is 70.2 cm³/mol. The molecule has 0 fully saturated rings. The third kappa shape index (κ3) is 1.44. The molecule has 1 aromatic carbocycles. The second-order valence-corrected chi connectivity index (χ2v) is 4.85. The highest BCUT2D eigenvalue weighted by Gasteiger charge is 2.34. The molecule has 0 bridgehead atoms. The molecule has 0 amide bonds. The van der Waals surface area contributed by atoms with Crippen molar-refractivity contribution in [3.8, 4) is 0 Å². The number of hydrogen-bond donors (Lipinski definition) is 2. The van der Waals surface area contributed by atoms with Crippen molar-refractivity contribution in [1.29, 1.82) is 0 Å². The molecule has 2 atom stereocenters. The molecule has 2 N–H and O–H groups in total. The molecule has 0 saturated heterocycles. The van der Waals surface area contributed by atoms with Crippen LogP contribution in [0, 0.1) is 0 Å². The smallest absolute Gasteiger partial charge is 0.280 e. The summed E-state index contributed by atoms with van der Waals surface area (Å²) in [6.45, 7) is 0. The number of hydrogen-bond acceptors (Lipinski definition) is 5. The van der Waals surface area contributed by atoms with Gasteiger partial charge in [-0.3, -0.25) is 4.79 Å². The van der Waals surface area contributed by atoms with Gasteiger partial charge >= 0.3 is 0 Å². The summed E-state index contributed by atoms with van der Waals surface area (Å²) in [6.07, 6.45) is 1.28.